The summed E-state index contributed by atoms with van der Waals surface area (Å²) in [5.74, 6) is 2.34. The molecule has 2 heterocycles. The number of pyridine rings is 1. The number of nitrogens with one attached hydrogen (secondary N) is 1. The van der Waals surface area contributed by atoms with Gasteiger partial charge in [0.1, 0.15) is 12.2 Å². The molecule has 1 aliphatic heterocycles. The maximum absolute atomic E-state index is 5.81. The molecule has 0 amide bonds. The molecule has 1 aliphatic rings. The Hall–Kier alpha value is -2.29. The van der Waals surface area contributed by atoms with Crippen LogP contribution < -0.4 is 33.6 Å². The molecule has 5 nitrogen and oxygen atoms in total. The van der Waals surface area contributed by atoms with Gasteiger partial charge in [-0.3, -0.25) is 4.98 Å². The molecule has 1 unspecified atom stereocenters. The molecular formula is C25H28IN3O2. The smallest absolute Gasteiger partial charge is 0.239 e. The Labute approximate surface area is 201 Å². The van der Waals surface area contributed by atoms with Gasteiger partial charge in [0.25, 0.3) is 0 Å². The molecule has 31 heavy (non-hydrogen) atoms. The lowest BCUT2D eigenvalue weighted by Crippen LogP contribution is -3.09. The topological polar surface area (TPSA) is 48.2 Å². The number of rotatable bonds is 7. The fraction of sp³-hybridized carbons (Fsp3) is 0.280. The van der Waals surface area contributed by atoms with E-state index in [9.17, 15) is 0 Å². The van der Waals surface area contributed by atoms with Gasteiger partial charge in [0.15, 0.2) is 5.75 Å². The summed E-state index contributed by atoms with van der Waals surface area (Å²) in [7, 11) is 3.45. The van der Waals surface area contributed by atoms with Crippen LogP contribution in [-0.2, 0) is 4.74 Å². The Bertz CT molecular complexity index is 1050. The Balaban J connectivity index is 0.00000272. The summed E-state index contributed by atoms with van der Waals surface area (Å²) in [6.45, 7) is 5.82. The third kappa shape index (κ3) is 4.81. The number of fused-ring (bicyclic) bond motifs is 1. The lowest BCUT2D eigenvalue weighted by atomic mass is 10.0. The predicted octanol–water partition coefficient (Wildman–Crippen LogP) is 1.14. The number of halogens is 1. The maximum atomic E-state index is 5.81. The normalized spacial score (nSPS) is 14.7. The van der Waals surface area contributed by atoms with Crippen LogP contribution in [0.15, 0.2) is 65.9 Å². The maximum Gasteiger partial charge on any atom is 0.239 e. The number of methoxy groups -OCH3 is 2. The number of benzene rings is 2. The van der Waals surface area contributed by atoms with Crippen molar-refractivity contribution in [2.45, 2.75) is 19.8 Å². The third-order valence-corrected chi connectivity index (χ3v) is 5.54. The van der Waals surface area contributed by atoms with Crippen LogP contribution in [0.2, 0.25) is 0 Å². The van der Waals surface area contributed by atoms with E-state index < -0.39 is 0 Å². The van der Waals surface area contributed by atoms with Gasteiger partial charge in [-0.1, -0.05) is 26.0 Å². The van der Waals surface area contributed by atoms with Crippen molar-refractivity contribution in [3.8, 4) is 16.9 Å². The minimum Gasteiger partial charge on any atom is -1.00 e. The van der Waals surface area contributed by atoms with Crippen molar-refractivity contribution in [1.29, 1.82) is 0 Å². The highest BCUT2D eigenvalue weighted by molar-refractivity contribution is 6.00. The number of hydrogen-bond donors (Lipinski definition) is 1. The Morgan fingerprint density at radius 1 is 0.903 bits per heavy atom. The second-order valence-electron chi connectivity index (χ2n) is 7.77. The first-order valence-electron chi connectivity index (χ1n) is 10.3. The summed E-state index contributed by atoms with van der Waals surface area (Å²) in [5.41, 5.74) is 6.61. The zero-order chi connectivity index (χ0) is 21.1. The van der Waals surface area contributed by atoms with Crippen LogP contribution in [0.5, 0.6) is 5.75 Å². The molecule has 1 atom stereocenters. The largest absolute Gasteiger partial charge is 1.00 e. The second kappa shape index (κ2) is 10.3. The SMILES string of the molecule is COCC[NH+]1C(c2ccc(C(C)C)cc2)=Nc2cc(-c3ccncc3)cc(OC)c21.[I-]. The number of nitrogens with zero attached hydrogens (tertiary/aromatic N) is 2. The van der Waals surface area contributed by atoms with Crippen LogP contribution in [0, 0.1) is 0 Å². The number of aliphatic imine (C=N–C) groups is 1. The Kier molecular flexibility index (Phi) is 7.80. The number of aromatic nitrogens is 1. The van der Waals surface area contributed by atoms with Crippen molar-refractivity contribution in [2.75, 3.05) is 27.4 Å². The molecule has 0 fully saturated rings. The molecule has 0 spiro atoms. The predicted molar refractivity (Wildman–Crippen MR) is 120 cm³/mol. The van der Waals surface area contributed by atoms with Crippen LogP contribution in [0.25, 0.3) is 11.1 Å². The molecule has 0 radical (unpaired) electrons. The number of hydrogen-bond acceptors (Lipinski definition) is 4. The van der Waals surface area contributed by atoms with E-state index >= 15 is 0 Å². The fourth-order valence-electron chi connectivity index (χ4n) is 3.88. The van der Waals surface area contributed by atoms with Gasteiger partial charge < -0.3 is 33.5 Å². The summed E-state index contributed by atoms with van der Waals surface area (Å²) >= 11 is 0. The molecule has 0 saturated heterocycles. The average molecular weight is 529 g/mol. The fourth-order valence-corrected chi connectivity index (χ4v) is 3.88. The molecule has 4 rings (SSSR count). The van der Waals surface area contributed by atoms with Crippen LogP contribution in [-0.4, -0.2) is 38.2 Å². The number of amidine groups is 1. The second-order valence-corrected chi connectivity index (χ2v) is 7.77. The van der Waals surface area contributed by atoms with E-state index in [1.54, 1.807) is 26.6 Å². The third-order valence-electron chi connectivity index (χ3n) is 5.54. The van der Waals surface area contributed by atoms with E-state index in [4.69, 9.17) is 14.5 Å². The van der Waals surface area contributed by atoms with Gasteiger partial charge in [0.05, 0.1) is 19.3 Å². The van der Waals surface area contributed by atoms with Crippen LogP contribution >= 0.6 is 0 Å². The molecule has 162 valence electrons. The Morgan fingerprint density at radius 2 is 1.61 bits per heavy atom. The van der Waals surface area contributed by atoms with E-state index in [-0.39, 0.29) is 24.0 Å². The van der Waals surface area contributed by atoms with E-state index in [0.717, 1.165) is 46.2 Å². The quantitative estimate of drug-likeness (QED) is 0.468. The van der Waals surface area contributed by atoms with Gasteiger partial charge in [-0.25, -0.2) is 4.90 Å². The molecule has 1 N–H and O–H groups in total. The van der Waals surface area contributed by atoms with Gasteiger partial charge in [-0.15, -0.1) is 0 Å². The first-order valence-corrected chi connectivity index (χ1v) is 10.3. The van der Waals surface area contributed by atoms with Crippen molar-refractivity contribution in [3.05, 3.63) is 72.1 Å². The molecule has 6 heteroatoms. The van der Waals surface area contributed by atoms with Gasteiger partial charge in [-0.05, 0) is 59.0 Å². The van der Waals surface area contributed by atoms with Crippen molar-refractivity contribution in [1.82, 2.24) is 4.98 Å². The lowest BCUT2D eigenvalue weighted by Gasteiger charge is -2.18. The summed E-state index contributed by atoms with van der Waals surface area (Å²) in [6, 6.07) is 16.9. The molecular weight excluding hydrogens is 501 g/mol. The minimum atomic E-state index is 0. The monoisotopic (exact) mass is 529 g/mol. The highest BCUT2D eigenvalue weighted by Crippen LogP contribution is 2.39. The summed E-state index contributed by atoms with van der Waals surface area (Å²) in [6.07, 6.45) is 3.60. The zero-order valence-corrected chi connectivity index (χ0v) is 20.5. The van der Waals surface area contributed by atoms with Gasteiger partial charge in [0.2, 0.25) is 11.5 Å². The zero-order valence-electron chi connectivity index (χ0n) is 18.4. The molecule has 0 saturated carbocycles. The summed E-state index contributed by atoms with van der Waals surface area (Å²) in [5, 5.41) is 0. The highest BCUT2D eigenvalue weighted by Gasteiger charge is 2.35. The summed E-state index contributed by atoms with van der Waals surface area (Å²) in [4.78, 5) is 10.3. The van der Waals surface area contributed by atoms with Crippen molar-refractivity contribution >= 4 is 17.2 Å². The van der Waals surface area contributed by atoms with Crippen molar-refractivity contribution in [2.24, 2.45) is 4.99 Å². The van der Waals surface area contributed by atoms with Gasteiger partial charge >= 0.3 is 0 Å². The van der Waals surface area contributed by atoms with Crippen molar-refractivity contribution < 1.29 is 38.4 Å². The molecule has 1 aromatic heterocycles. The van der Waals surface area contributed by atoms with Gasteiger partial charge in [-0.2, -0.15) is 4.99 Å². The van der Waals surface area contributed by atoms with E-state index in [2.05, 4.69) is 55.2 Å². The molecule has 0 aliphatic carbocycles. The van der Waals surface area contributed by atoms with Crippen LogP contribution in [0.4, 0.5) is 11.4 Å². The van der Waals surface area contributed by atoms with E-state index in [1.165, 1.54) is 10.5 Å². The summed E-state index contributed by atoms with van der Waals surface area (Å²) < 4.78 is 11.2. The van der Waals surface area contributed by atoms with Crippen molar-refractivity contribution in [3.63, 3.8) is 0 Å². The number of ether oxygens (including phenoxy) is 2. The van der Waals surface area contributed by atoms with Crippen LogP contribution in [0.3, 0.4) is 0 Å². The minimum absolute atomic E-state index is 0. The van der Waals surface area contributed by atoms with E-state index in [0.29, 0.717) is 12.5 Å². The highest BCUT2D eigenvalue weighted by atomic mass is 127. The number of quaternary nitrogens is 1. The molecule has 3 aromatic rings. The Morgan fingerprint density at radius 3 is 2.23 bits per heavy atom. The van der Waals surface area contributed by atoms with E-state index in [1.807, 2.05) is 12.1 Å². The van der Waals surface area contributed by atoms with Crippen LogP contribution in [0.1, 0.15) is 30.9 Å². The first-order chi connectivity index (χ1) is 14.6. The first kappa shape index (κ1) is 23.4. The average Bonchev–Trinajstić information content (AvgIpc) is 3.16. The molecule has 2 aromatic carbocycles. The lowest BCUT2D eigenvalue weighted by molar-refractivity contribution is -0.728. The molecule has 0 bridgehead atoms. The van der Waals surface area contributed by atoms with Gasteiger partial charge in [0, 0.05) is 19.5 Å². The standard InChI is InChI=1S/C25H27N3O2.HI/c1-17(2)18-5-7-20(8-6-18)25-27-22-15-21(19-9-11-26-12-10-19)16-23(30-4)24(22)28(25)13-14-29-3;/h5-12,15-17H,13-14H2,1-4H3;1H.